The van der Waals surface area contributed by atoms with E-state index >= 15 is 0 Å². The first-order valence-electron chi connectivity index (χ1n) is 8.42. The van der Waals surface area contributed by atoms with Gasteiger partial charge in [0.1, 0.15) is 12.2 Å². The fourth-order valence-corrected chi connectivity index (χ4v) is 2.73. The first-order valence-corrected chi connectivity index (χ1v) is 8.42. The Balaban J connectivity index is 1.59. The van der Waals surface area contributed by atoms with Gasteiger partial charge in [-0.25, -0.2) is 9.67 Å². The summed E-state index contributed by atoms with van der Waals surface area (Å²) in [5, 5.41) is 13.9. The van der Waals surface area contributed by atoms with Crippen molar-refractivity contribution in [3.05, 3.63) is 82.5 Å². The van der Waals surface area contributed by atoms with Crippen LogP contribution in [0.5, 0.6) is 0 Å². The second kappa shape index (κ2) is 7.23. The van der Waals surface area contributed by atoms with Gasteiger partial charge in [0.2, 0.25) is 0 Å². The number of H-pyrrole nitrogens is 1. The van der Waals surface area contributed by atoms with E-state index in [1.807, 2.05) is 6.07 Å². The monoisotopic (exact) mass is 373 g/mol. The molecule has 0 bridgehead atoms. The van der Waals surface area contributed by atoms with Crippen molar-refractivity contribution in [2.75, 3.05) is 5.32 Å². The lowest BCUT2D eigenvalue weighted by Crippen LogP contribution is -2.13. The Morgan fingerprint density at radius 2 is 1.96 bits per heavy atom. The number of benzene rings is 2. The largest absolute Gasteiger partial charge is 0.322 e. The number of aromatic nitrogens is 6. The first-order chi connectivity index (χ1) is 13.6. The molecule has 2 aromatic heterocycles. The van der Waals surface area contributed by atoms with Crippen molar-refractivity contribution >= 4 is 11.6 Å². The number of hydrogen-bond acceptors (Lipinski definition) is 6. The molecule has 0 aliphatic rings. The summed E-state index contributed by atoms with van der Waals surface area (Å²) in [6, 6.07) is 15.5. The molecule has 2 heterocycles. The zero-order valence-electron chi connectivity index (χ0n) is 14.8. The summed E-state index contributed by atoms with van der Waals surface area (Å²) in [6.07, 6.45) is 1.45. The van der Waals surface area contributed by atoms with Crippen molar-refractivity contribution in [1.29, 1.82) is 0 Å². The highest BCUT2D eigenvalue weighted by Crippen LogP contribution is 2.20. The summed E-state index contributed by atoms with van der Waals surface area (Å²) in [7, 11) is 0. The summed E-state index contributed by atoms with van der Waals surface area (Å²) >= 11 is 0. The van der Waals surface area contributed by atoms with Crippen LogP contribution >= 0.6 is 0 Å². The van der Waals surface area contributed by atoms with E-state index in [9.17, 15) is 9.59 Å². The predicted octanol–water partition coefficient (Wildman–Crippen LogP) is 1.97. The highest BCUT2D eigenvalue weighted by molar-refractivity contribution is 6.04. The fourth-order valence-electron chi connectivity index (χ4n) is 2.73. The second-order valence-electron chi connectivity index (χ2n) is 6.08. The molecule has 0 saturated carbocycles. The van der Waals surface area contributed by atoms with Gasteiger partial charge in [-0.3, -0.25) is 9.59 Å². The van der Waals surface area contributed by atoms with Crippen molar-refractivity contribution in [3.63, 3.8) is 0 Å². The van der Waals surface area contributed by atoms with E-state index in [2.05, 4.69) is 30.8 Å². The highest BCUT2D eigenvalue weighted by Gasteiger charge is 2.10. The van der Waals surface area contributed by atoms with Gasteiger partial charge in [0, 0.05) is 28.6 Å². The molecule has 9 heteroatoms. The molecule has 28 heavy (non-hydrogen) atoms. The van der Waals surface area contributed by atoms with Gasteiger partial charge < -0.3 is 10.3 Å². The maximum atomic E-state index is 12.6. The Labute approximate surface area is 159 Å². The van der Waals surface area contributed by atoms with Gasteiger partial charge in [-0.1, -0.05) is 18.2 Å². The third kappa shape index (κ3) is 3.68. The second-order valence-corrected chi connectivity index (χ2v) is 6.08. The Hall–Kier alpha value is -4.14. The van der Waals surface area contributed by atoms with Crippen molar-refractivity contribution in [2.24, 2.45) is 0 Å². The molecule has 0 spiro atoms. The number of anilines is 1. The lowest BCUT2D eigenvalue weighted by molar-refractivity contribution is 0.102. The number of nitrogens with one attached hydrogen (secondary N) is 2. The van der Waals surface area contributed by atoms with Crippen LogP contribution in [0.25, 0.3) is 17.1 Å². The van der Waals surface area contributed by atoms with Crippen molar-refractivity contribution in [2.45, 2.75) is 6.92 Å². The SMILES string of the molecule is Cc1cc(=O)[nH]c(-c2cccc(NC(=O)c3cccc(-n4cnnn4)c3)c2)n1. The van der Waals surface area contributed by atoms with E-state index in [0.29, 0.717) is 34.0 Å². The van der Waals surface area contributed by atoms with Crippen LogP contribution in [0.2, 0.25) is 0 Å². The molecule has 138 valence electrons. The maximum Gasteiger partial charge on any atom is 0.255 e. The highest BCUT2D eigenvalue weighted by atomic mass is 16.1. The number of aromatic amines is 1. The number of nitrogens with zero attached hydrogens (tertiary/aromatic N) is 5. The standard InChI is InChI=1S/C19H15N7O2/c1-12-8-17(27)23-18(21-12)13-4-2-6-15(9-13)22-19(28)14-5-3-7-16(10-14)26-11-20-24-25-26/h2-11H,1H3,(H,22,28)(H,21,23,27). The third-order valence-corrected chi connectivity index (χ3v) is 3.99. The van der Waals surface area contributed by atoms with Crippen molar-refractivity contribution in [3.8, 4) is 17.1 Å². The molecule has 0 radical (unpaired) electrons. The number of hydrogen-bond donors (Lipinski definition) is 2. The molecular weight excluding hydrogens is 358 g/mol. The van der Waals surface area contributed by atoms with E-state index in [1.54, 1.807) is 49.4 Å². The molecule has 0 unspecified atom stereocenters. The third-order valence-electron chi connectivity index (χ3n) is 3.99. The normalized spacial score (nSPS) is 10.6. The molecule has 9 nitrogen and oxygen atoms in total. The lowest BCUT2D eigenvalue weighted by atomic mass is 10.1. The molecule has 0 aliphatic heterocycles. The minimum Gasteiger partial charge on any atom is -0.322 e. The first kappa shape index (κ1) is 17.3. The molecular formula is C19H15N7O2. The molecule has 2 N–H and O–H groups in total. The van der Waals surface area contributed by atoms with Crippen molar-refractivity contribution < 1.29 is 4.79 Å². The number of rotatable bonds is 4. The molecule has 1 amide bonds. The molecule has 0 atom stereocenters. The van der Waals surface area contributed by atoms with Gasteiger partial charge in [0.05, 0.1) is 5.69 Å². The lowest BCUT2D eigenvalue weighted by Gasteiger charge is -2.09. The van der Waals surface area contributed by atoms with Crippen LogP contribution in [-0.4, -0.2) is 36.1 Å². The van der Waals surface area contributed by atoms with Crippen LogP contribution in [0.3, 0.4) is 0 Å². The maximum absolute atomic E-state index is 12.6. The van der Waals surface area contributed by atoms with Crippen LogP contribution in [-0.2, 0) is 0 Å². The van der Waals surface area contributed by atoms with Gasteiger partial charge in [-0.2, -0.15) is 0 Å². The molecule has 2 aromatic carbocycles. The summed E-state index contributed by atoms with van der Waals surface area (Å²) in [5.74, 6) is 0.166. The summed E-state index contributed by atoms with van der Waals surface area (Å²) in [5.41, 5.74) is 2.80. The van der Waals surface area contributed by atoms with Crippen LogP contribution < -0.4 is 10.9 Å². The van der Waals surface area contributed by atoms with Gasteiger partial charge >= 0.3 is 0 Å². The van der Waals surface area contributed by atoms with Crippen LogP contribution in [0.1, 0.15) is 16.1 Å². The number of tetrazole rings is 1. The van der Waals surface area contributed by atoms with E-state index in [0.717, 1.165) is 0 Å². The topological polar surface area (TPSA) is 118 Å². The Bertz CT molecular complexity index is 1200. The predicted molar refractivity (Wildman–Crippen MR) is 102 cm³/mol. The van der Waals surface area contributed by atoms with E-state index in [4.69, 9.17) is 0 Å². The molecule has 4 rings (SSSR count). The number of carbonyl (C=O) groups excluding carboxylic acids is 1. The van der Waals surface area contributed by atoms with Gasteiger partial charge in [0.15, 0.2) is 0 Å². The fraction of sp³-hybridized carbons (Fsp3) is 0.0526. The Morgan fingerprint density at radius 1 is 1.11 bits per heavy atom. The zero-order chi connectivity index (χ0) is 19.5. The number of aryl methyl sites for hydroxylation is 1. The number of carbonyl (C=O) groups is 1. The quantitative estimate of drug-likeness (QED) is 0.565. The smallest absolute Gasteiger partial charge is 0.255 e. The Morgan fingerprint density at radius 3 is 2.75 bits per heavy atom. The zero-order valence-corrected chi connectivity index (χ0v) is 14.8. The summed E-state index contributed by atoms with van der Waals surface area (Å²) in [6.45, 7) is 1.75. The molecule has 0 saturated heterocycles. The van der Waals surface area contributed by atoms with Crippen LogP contribution in [0, 0.1) is 6.92 Å². The van der Waals surface area contributed by atoms with E-state index < -0.39 is 0 Å². The molecule has 4 aromatic rings. The average Bonchev–Trinajstić information content (AvgIpc) is 3.22. The van der Waals surface area contributed by atoms with Crippen LogP contribution in [0.15, 0.2) is 65.7 Å². The molecule has 0 fully saturated rings. The average molecular weight is 373 g/mol. The summed E-state index contributed by atoms with van der Waals surface area (Å²) < 4.78 is 1.47. The summed E-state index contributed by atoms with van der Waals surface area (Å²) in [4.78, 5) is 31.4. The van der Waals surface area contributed by atoms with E-state index in [-0.39, 0.29) is 11.5 Å². The Kier molecular flexibility index (Phi) is 4.47. The van der Waals surface area contributed by atoms with Crippen molar-refractivity contribution in [1.82, 2.24) is 30.2 Å². The van der Waals surface area contributed by atoms with E-state index in [1.165, 1.54) is 17.1 Å². The molecule has 0 aliphatic carbocycles. The van der Waals surface area contributed by atoms with Gasteiger partial charge in [-0.05, 0) is 47.7 Å². The minimum absolute atomic E-state index is 0.226. The minimum atomic E-state index is -0.280. The van der Waals surface area contributed by atoms with Gasteiger partial charge in [0.25, 0.3) is 11.5 Å². The van der Waals surface area contributed by atoms with Gasteiger partial charge in [-0.15, -0.1) is 5.10 Å². The van der Waals surface area contributed by atoms with Crippen LogP contribution in [0.4, 0.5) is 5.69 Å². The number of amides is 1.